The molecule has 1 aliphatic rings. The number of anilines is 1. The summed E-state index contributed by atoms with van der Waals surface area (Å²) in [5.41, 5.74) is 7.40. The molecule has 1 aromatic rings. The lowest BCUT2D eigenvalue weighted by Gasteiger charge is -2.28. The fourth-order valence-electron chi connectivity index (χ4n) is 2.55. The Morgan fingerprint density at radius 2 is 1.95 bits per heavy atom. The van der Waals surface area contributed by atoms with Crippen LogP contribution in [0.1, 0.15) is 36.0 Å². The Morgan fingerprint density at radius 1 is 1.30 bits per heavy atom. The molecule has 0 aromatic heterocycles. The SMILES string of the molecule is CN(C)C(=O)c1ccc(Cl)cc1NC1CCC(N)CC1. The van der Waals surface area contributed by atoms with Crippen LogP contribution >= 0.6 is 11.6 Å². The van der Waals surface area contributed by atoms with Gasteiger partial charge in [-0.1, -0.05) is 11.6 Å². The van der Waals surface area contributed by atoms with Gasteiger partial charge in [0.2, 0.25) is 0 Å². The molecule has 2 rings (SSSR count). The average molecular weight is 296 g/mol. The van der Waals surface area contributed by atoms with Crippen molar-refractivity contribution in [2.75, 3.05) is 19.4 Å². The normalized spacial score (nSPS) is 22.4. The molecule has 0 radical (unpaired) electrons. The monoisotopic (exact) mass is 295 g/mol. The van der Waals surface area contributed by atoms with Crippen molar-refractivity contribution in [3.05, 3.63) is 28.8 Å². The average Bonchev–Trinajstić information content (AvgIpc) is 2.41. The first-order chi connectivity index (χ1) is 9.47. The number of benzene rings is 1. The minimum Gasteiger partial charge on any atom is -0.382 e. The second-order valence-electron chi connectivity index (χ2n) is 5.65. The molecule has 4 nitrogen and oxygen atoms in total. The van der Waals surface area contributed by atoms with E-state index in [-0.39, 0.29) is 5.91 Å². The maximum absolute atomic E-state index is 12.2. The van der Waals surface area contributed by atoms with Crippen molar-refractivity contribution in [3.8, 4) is 0 Å². The van der Waals surface area contributed by atoms with Gasteiger partial charge < -0.3 is 16.0 Å². The molecule has 5 heteroatoms. The Kier molecular flexibility index (Phi) is 4.89. The summed E-state index contributed by atoms with van der Waals surface area (Å²) in [5.74, 6) is -0.0170. The number of carbonyl (C=O) groups excluding carboxylic acids is 1. The molecule has 0 saturated heterocycles. The quantitative estimate of drug-likeness (QED) is 0.901. The van der Waals surface area contributed by atoms with Gasteiger partial charge in [0, 0.05) is 36.9 Å². The van der Waals surface area contributed by atoms with Crippen LogP contribution in [-0.2, 0) is 0 Å². The maximum atomic E-state index is 12.2. The molecular weight excluding hydrogens is 274 g/mol. The van der Waals surface area contributed by atoms with Gasteiger partial charge in [0.25, 0.3) is 5.91 Å². The van der Waals surface area contributed by atoms with Gasteiger partial charge in [-0.05, 0) is 43.9 Å². The van der Waals surface area contributed by atoms with Crippen molar-refractivity contribution in [2.24, 2.45) is 5.73 Å². The Morgan fingerprint density at radius 3 is 2.55 bits per heavy atom. The predicted molar refractivity (Wildman–Crippen MR) is 83.3 cm³/mol. The minimum absolute atomic E-state index is 0.0170. The van der Waals surface area contributed by atoms with Crippen LogP contribution in [0.2, 0.25) is 5.02 Å². The first-order valence-corrected chi connectivity index (χ1v) is 7.38. The molecule has 1 aromatic carbocycles. The Labute approximate surface area is 125 Å². The number of nitrogens with two attached hydrogens (primary N) is 1. The van der Waals surface area contributed by atoms with Crippen molar-refractivity contribution in [1.29, 1.82) is 0 Å². The van der Waals surface area contributed by atoms with Gasteiger partial charge in [-0.3, -0.25) is 4.79 Å². The minimum atomic E-state index is -0.0170. The zero-order valence-electron chi connectivity index (χ0n) is 12.0. The lowest BCUT2D eigenvalue weighted by Crippen LogP contribution is -2.33. The molecule has 1 amide bonds. The highest BCUT2D eigenvalue weighted by molar-refractivity contribution is 6.31. The maximum Gasteiger partial charge on any atom is 0.255 e. The molecule has 1 fully saturated rings. The second kappa shape index (κ2) is 6.46. The molecule has 3 N–H and O–H groups in total. The summed E-state index contributed by atoms with van der Waals surface area (Å²) in [4.78, 5) is 13.8. The van der Waals surface area contributed by atoms with Crippen LogP contribution in [0.4, 0.5) is 5.69 Å². The standard InChI is InChI=1S/C15H22ClN3O/c1-19(2)15(20)13-8-3-10(16)9-14(13)18-12-6-4-11(17)5-7-12/h3,8-9,11-12,18H,4-7,17H2,1-2H3. The van der Waals surface area contributed by atoms with Crippen molar-refractivity contribution in [2.45, 2.75) is 37.8 Å². The highest BCUT2D eigenvalue weighted by Gasteiger charge is 2.21. The van der Waals surface area contributed by atoms with Crippen LogP contribution in [0.5, 0.6) is 0 Å². The number of hydrogen-bond donors (Lipinski definition) is 2. The van der Waals surface area contributed by atoms with Crippen molar-refractivity contribution >= 4 is 23.2 Å². The van der Waals surface area contributed by atoms with Crippen LogP contribution in [0.15, 0.2) is 18.2 Å². The van der Waals surface area contributed by atoms with Crippen molar-refractivity contribution in [3.63, 3.8) is 0 Å². The third kappa shape index (κ3) is 3.64. The van der Waals surface area contributed by atoms with Crippen LogP contribution < -0.4 is 11.1 Å². The fraction of sp³-hybridized carbons (Fsp3) is 0.533. The summed E-state index contributed by atoms with van der Waals surface area (Å²) in [7, 11) is 3.50. The second-order valence-corrected chi connectivity index (χ2v) is 6.08. The van der Waals surface area contributed by atoms with Gasteiger partial charge in [0.05, 0.1) is 5.56 Å². The van der Waals surface area contributed by atoms with E-state index in [1.807, 2.05) is 6.07 Å². The summed E-state index contributed by atoms with van der Waals surface area (Å²) in [6, 6.07) is 6.03. The molecule has 20 heavy (non-hydrogen) atoms. The number of nitrogens with zero attached hydrogens (tertiary/aromatic N) is 1. The van der Waals surface area contributed by atoms with Gasteiger partial charge in [-0.15, -0.1) is 0 Å². The Bertz CT molecular complexity index is 482. The zero-order valence-corrected chi connectivity index (χ0v) is 12.8. The molecule has 1 saturated carbocycles. The molecular formula is C15H22ClN3O. The highest BCUT2D eigenvalue weighted by Crippen LogP contribution is 2.26. The first-order valence-electron chi connectivity index (χ1n) is 7.00. The summed E-state index contributed by atoms with van der Waals surface area (Å²) >= 11 is 6.06. The number of nitrogens with one attached hydrogen (secondary N) is 1. The van der Waals surface area contributed by atoms with E-state index in [4.69, 9.17) is 17.3 Å². The van der Waals surface area contributed by atoms with Gasteiger partial charge in [0.1, 0.15) is 0 Å². The topological polar surface area (TPSA) is 58.4 Å². The van der Waals surface area contributed by atoms with Crippen LogP contribution in [0, 0.1) is 0 Å². The van der Waals surface area contributed by atoms with Gasteiger partial charge in [-0.25, -0.2) is 0 Å². The lowest BCUT2D eigenvalue weighted by atomic mass is 9.91. The number of hydrogen-bond acceptors (Lipinski definition) is 3. The molecule has 1 aliphatic carbocycles. The highest BCUT2D eigenvalue weighted by atomic mass is 35.5. The number of halogens is 1. The van der Waals surface area contributed by atoms with E-state index in [0.29, 0.717) is 22.7 Å². The zero-order chi connectivity index (χ0) is 14.7. The number of rotatable bonds is 3. The van der Waals surface area contributed by atoms with E-state index in [9.17, 15) is 4.79 Å². The van der Waals surface area contributed by atoms with E-state index in [2.05, 4.69) is 5.32 Å². The summed E-state index contributed by atoms with van der Waals surface area (Å²) in [5, 5.41) is 4.09. The molecule has 0 aliphatic heterocycles. The van der Waals surface area contributed by atoms with E-state index >= 15 is 0 Å². The van der Waals surface area contributed by atoms with Gasteiger partial charge >= 0.3 is 0 Å². The summed E-state index contributed by atoms with van der Waals surface area (Å²) in [6.45, 7) is 0. The lowest BCUT2D eigenvalue weighted by molar-refractivity contribution is 0.0828. The third-order valence-corrected chi connectivity index (χ3v) is 3.98. The van der Waals surface area contributed by atoms with E-state index in [1.54, 1.807) is 31.1 Å². The Hall–Kier alpha value is -1.26. The molecule has 0 bridgehead atoms. The summed E-state index contributed by atoms with van der Waals surface area (Å²) in [6.07, 6.45) is 4.11. The molecule has 0 atom stereocenters. The van der Waals surface area contributed by atoms with Crippen molar-refractivity contribution < 1.29 is 4.79 Å². The predicted octanol–water partition coefficient (Wildman–Crippen LogP) is 2.72. The van der Waals surface area contributed by atoms with Crippen LogP contribution in [0.3, 0.4) is 0 Å². The largest absolute Gasteiger partial charge is 0.382 e. The molecule has 0 spiro atoms. The Balaban J connectivity index is 2.17. The van der Waals surface area contributed by atoms with Crippen molar-refractivity contribution in [1.82, 2.24) is 4.90 Å². The number of carbonyl (C=O) groups is 1. The molecule has 0 unspecified atom stereocenters. The first kappa shape index (κ1) is 15.1. The van der Waals surface area contributed by atoms with Crippen LogP contribution in [0.25, 0.3) is 0 Å². The van der Waals surface area contributed by atoms with E-state index in [0.717, 1.165) is 31.4 Å². The van der Waals surface area contributed by atoms with E-state index in [1.165, 1.54) is 0 Å². The molecule has 110 valence electrons. The van der Waals surface area contributed by atoms with Gasteiger partial charge in [0.15, 0.2) is 0 Å². The van der Waals surface area contributed by atoms with E-state index < -0.39 is 0 Å². The third-order valence-electron chi connectivity index (χ3n) is 3.75. The summed E-state index contributed by atoms with van der Waals surface area (Å²) < 4.78 is 0. The van der Waals surface area contributed by atoms with Crippen LogP contribution in [-0.4, -0.2) is 37.0 Å². The van der Waals surface area contributed by atoms with Gasteiger partial charge in [-0.2, -0.15) is 0 Å². The fourth-order valence-corrected chi connectivity index (χ4v) is 2.72. The molecule has 0 heterocycles. The smallest absolute Gasteiger partial charge is 0.255 e. The number of amides is 1.